The first-order valence-electron chi connectivity index (χ1n) is 9.05. The standard InChI is InChI=1S/C19H32N4O.HI/c1-4-20-19(21-12-9-16-10-13-23(2)14-11-16)22-15-17-7-5-6-8-18(17)24-3;/h5-8,16H,4,9-15H2,1-3H3,(H2,20,21,22);1H. The van der Waals surface area contributed by atoms with E-state index in [0.29, 0.717) is 6.54 Å². The van der Waals surface area contributed by atoms with Crippen molar-refractivity contribution in [1.82, 2.24) is 15.5 Å². The van der Waals surface area contributed by atoms with Crippen LogP contribution >= 0.6 is 24.0 Å². The molecule has 5 nitrogen and oxygen atoms in total. The van der Waals surface area contributed by atoms with E-state index >= 15 is 0 Å². The molecule has 0 unspecified atom stereocenters. The Morgan fingerprint density at radius 3 is 2.64 bits per heavy atom. The first-order valence-corrected chi connectivity index (χ1v) is 9.05. The minimum Gasteiger partial charge on any atom is -0.496 e. The highest BCUT2D eigenvalue weighted by molar-refractivity contribution is 14.0. The zero-order valence-electron chi connectivity index (χ0n) is 15.8. The Labute approximate surface area is 169 Å². The molecule has 1 heterocycles. The van der Waals surface area contributed by atoms with Crippen LogP contribution in [0.15, 0.2) is 29.3 Å². The average Bonchev–Trinajstić information content (AvgIpc) is 2.61. The average molecular weight is 460 g/mol. The van der Waals surface area contributed by atoms with E-state index in [1.807, 2.05) is 18.2 Å². The van der Waals surface area contributed by atoms with Gasteiger partial charge >= 0.3 is 0 Å². The molecular weight excluding hydrogens is 427 g/mol. The summed E-state index contributed by atoms with van der Waals surface area (Å²) in [4.78, 5) is 7.11. The smallest absolute Gasteiger partial charge is 0.191 e. The molecule has 0 saturated carbocycles. The summed E-state index contributed by atoms with van der Waals surface area (Å²) in [5.74, 6) is 2.62. The van der Waals surface area contributed by atoms with Gasteiger partial charge in [0.2, 0.25) is 0 Å². The summed E-state index contributed by atoms with van der Waals surface area (Å²) in [6.07, 6.45) is 3.84. The van der Waals surface area contributed by atoms with Crippen LogP contribution in [0.2, 0.25) is 0 Å². The molecule has 0 spiro atoms. The maximum atomic E-state index is 5.39. The van der Waals surface area contributed by atoms with Gasteiger partial charge in [-0.2, -0.15) is 0 Å². The highest BCUT2D eigenvalue weighted by Crippen LogP contribution is 2.19. The second-order valence-electron chi connectivity index (χ2n) is 6.47. The van der Waals surface area contributed by atoms with Crippen LogP contribution in [0.3, 0.4) is 0 Å². The van der Waals surface area contributed by atoms with Gasteiger partial charge in [-0.3, -0.25) is 0 Å². The van der Waals surface area contributed by atoms with Crippen molar-refractivity contribution in [2.45, 2.75) is 32.7 Å². The monoisotopic (exact) mass is 460 g/mol. The van der Waals surface area contributed by atoms with E-state index in [0.717, 1.165) is 36.3 Å². The Bertz CT molecular complexity index is 516. The Balaban J connectivity index is 0.00000312. The molecule has 0 aliphatic carbocycles. The van der Waals surface area contributed by atoms with Gasteiger partial charge in [0.05, 0.1) is 13.7 Å². The van der Waals surface area contributed by atoms with E-state index < -0.39 is 0 Å². The lowest BCUT2D eigenvalue weighted by atomic mass is 9.94. The number of benzene rings is 1. The zero-order valence-corrected chi connectivity index (χ0v) is 18.1. The van der Waals surface area contributed by atoms with E-state index in [9.17, 15) is 0 Å². The lowest BCUT2D eigenvalue weighted by molar-refractivity contribution is 0.213. The topological polar surface area (TPSA) is 48.9 Å². The lowest BCUT2D eigenvalue weighted by Gasteiger charge is -2.29. The second-order valence-corrected chi connectivity index (χ2v) is 6.47. The molecule has 0 amide bonds. The zero-order chi connectivity index (χ0) is 17.2. The molecule has 2 N–H and O–H groups in total. The Kier molecular flexibility index (Phi) is 10.9. The first kappa shape index (κ1) is 22.0. The number of piperidine rings is 1. The van der Waals surface area contributed by atoms with Gasteiger partial charge in [-0.25, -0.2) is 4.99 Å². The van der Waals surface area contributed by atoms with Crippen LogP contribution in [0.25, 0.3) is 0 Å². The molecule has 1 aromatic rings. The van der Waals surface area contributed by atoms with Crippen LogP contribution in [0.5, 0.6) is 5.75 Å². The predicted molar refractivity (Wildman–Crippen MR) is 116 cm³/mol. The number of rotatable bonds is 7. The SMILES string of the molecule is CCNC(=NCc1ccccc1OC)NCCC1CCN(C)CC1.I. The third kappa shape index (κ3) is 7.81. The fraction of sp³-hybridized carbons (Fsp3) is 0.632. The highest BCUT2D eigenvalue weighted by Gasteiger charge is 2.16. The van der Waals surface area contributed by atoms with Gasteiger partial charge in [0.15, 0.2) is 5.96 Å². The number of likely N-dealkylation sites (tertiary alicyclic amines) is 1. The number of nitrogens with zero attached hydrogens (tertiary/aromatic N) is 2. The normalized spacial score (nSPS) is 16.2. The molecule has 1 fully saturated rings. The number of aliphatic imine (C=N–C) groups is 1. The minimum absolute atomic E-state index is 0. The van der Waals surface area contributed by atoms with Crippen molar-refractivity contribution in [3.8, 4) is 5.75 Å². The summed E-state index contributed by atoms with van der Waals surface area (Å²) in [6, 6.07) is 8.04. The van der Waals surface area contributed by atoms with E-state index in [1.54, 1.807) is 7.11 Å². The van der Waals surface area contributed by atoms with Crippen molar-refractivity contribution in [1.29, 1.82) is 0 Å². The van der Waals surface area contributed by atoms with Crippen LogP contribution in [0.1, 0.15) is 31.7 Å². The molecule has 1 aliphatic heterocycles. The Morgan fingerprint density at radius 1 is 1.24 bits per heavy atom. The van der Waals surface area contributed by atoms with Gasteiger partial charge in [0.1, 0.15) is 5.75 Å². The third-order valence-corrected chi connectivity index (χ3v) is 4.63. The number of nitrogens with one attached hydrogen (secondary N) is 2. The number of hydrogen-bond donors (Lipinski definition) is 2. The van der Waals surface area contributed by atoms with Crippen LogP contribution in [-0.2, 0) is 6.54 Å². The van der Waals surface area contributed by atoms with Crippen LogP contribution in [0.4, 0.5) is 0 Å². The van der Waals surface area contributed by atoms with Crippen molar-refractivity contribution in [3.05, 3.63) is 29.8 Å². The van der Waals surface area contributed by atoms with Crippen LogP contribution < -0.4 is 15.4 Å². The molecule has 0 bridgehead atoms. The molecule has 2 rings (SSSR count). The van der Waals surface area contributed by atoms with Crippen molar-refractivity contribution in [2.24, 2.45) is 10.9 Å². The third-order valence-electron chi connectivity index (χ3n) is 4.63. The van der Waals surface area contributed by atoms with Gasteiger partial charge in [-0.05, 0) is 58.3 Å². The lowest BCUT2D eigenvalue weighted by Crippen LogP contribution is -2.39. The maximum absolute atomic E-state index is 5.39. The molecule has 1 aliphatic rings. The van der Waals surface area contributed by atoms with Gasteiger partial charge in [0.25, 0.3) is 0 Å². The van der Waals surface area contributed by atoms with E-state index in [1.165, 1.54) is 32.4 Å². The molecule has 0 radical (unpaired) electrons. The molecule has 0 aromatic heterocycles. The fourth-order valence-electron chi connectivity index (χ4n) is 3.09. The quantitative estimate of drug-likeness (QED) is 0.373. The largest absolute Gasteiger partial charge is 0.496 e. The van der Waals surface area contributed by atoms with Crippen LogP contribution in [-0.4, -0.2) is 51.2 Å². The number of guanidine groups is 1. The van der Waals surface area contributed by atoms with Gasteiger partial charge in [-0.1, -0.05) is 18.2 Å². The summed E-state index contributed by atoms with van der Waals surface area (Å²) in [7, 11) is 3.91. The summed E-state index contributed by atoms with van der Waals surface area (Å²) >= 11 is 0. The molecule has 6 heteroatoms. The minimum atomic E-state index is 0. The number of methoxy groups -OCH3 is 1. The van der Waals surface area contributed by atoms with Crippen molar-refractivity contribution < 1.29 is 4.74 Å². The van der Waals surface area contributed by atoms with E-state index in [-0.39, 0.29) is 24.0 Å². The van der Waals surface area contributed by atoms with Gasteiger partial charge in [0, 0.05) is 18.7 Å². The van der Waals surface area contributed by atoms with E-state index in [2.05, 4.69) is 35.6 Å². The Hall–Kier alpha value is -1.02. The number of para-hydroxylation sites is 1. The summed E-state index contributed by atoms with van der Waals surface area (Å²) in [5.41, 5.74) is 1.10. The number of halogens is 1. The maximum Gasteiger partial charge on any atom is 0.191 e. The summed E-state index contributed by atoms with van der Waals surface area (Å²) in [6.45, 7) is 7.02. The van der Waals surface area contributed by atoms with Crippen molar-refractivity contribution in [3.63, 3.8) is 0 Å². The van der Waals surface area contributed by atoms with Gasteiger partial charge in [-0.15, -0.1) is 24.0 Å². The van der Waals surface area contributed by atoms with E-state index in [4.69, 9.17) is 9.73 Å². The fourth-order valence-corrected chi connectivity index (χ4v) is 3.09. The first-order chi connectivity index (χ1) is 11.7. The molecule has 142 valence electrons. The van der Waals surface area contributed by atoms with Crippen LogP contribution in [0, 0.1) is 5.92 Å². The summed E-state index contributed by atoms with van der Waals surface area (Å²) < 4.78 is 5.39. The second kappa shape index (κ2) is 12.4. The Morgan fingerprint density at radius 2 is 1.96 bits per heavy atom. The van der Waals surface area contributed by atoms with Crippen molar-refractivity contribution >= 4 is 29.9 Å². The molecular formula is C19H33IN4O. The molecule has 1 aromatic carbocycles. The molecule has 25 heavy (non-hydrogen) atoms. The van der Waals surface area contributed by atoms with Gasteiger partial charge < -0.3 is 20.3 Å². The van der Waals surface area contributed by atoms with Crippen molar-refractivity contribution in [2.75, 3.05) is 40.3 Å². The molecule has 0 atom stereocenters. The summed E-state index contributed by atoms with van der Waals surface area (Å²) in [5, 5.41) is 6.80. The molecule has 1 saturated heterocycles. The predicted octanol–water partition coefficient (Wildman–Crippen LogP) is 3.10. The highest BCUT2D eigenvalue weighted by atomic mass is 127. The number of ether oxygens (including phenoxy) is 1. The number of hydrogen-bond acceptors (Lipinski definition) is 3.